The van der Waals surface area contributed by atoms with Gasteiger partial charge in [-0.25, -0.2) is 0 Å². The van der Waals surface area contributed by atoms with Gasteiger partial charge in [-0.2, -0.15) is 0 Å². The Morgan fingerprint density at radius 3 is 2.94 bits per heavy atom. The summed E-state index contributed by atoms with van der Waals surface area (Å²) in [6.45, 7) is 5.89. The fraction of sp³-hybridized carbons (Fsp3) is 0.714. The smallest absolute Gasteiger partial charge is 0.0931 e. The summed E-state index contributed by atoms with van der Waals surface area (Å²) in [5.41, 5.74) is 0. The van der Waals surface area contributed by atoms with Gasteiger partial charge in [0.15, 0.2) is 0 Å². The summed E-state index contributed by atoms with van der Waals surface area (Å²) in [6, 6.07) is 5.42. The molecule has 1 N–H and O–H groups in total. The summed E-state index contributed by atoms with van der Waals surface area (Å²) in [7, 11) is 0. The molecule has 2 aliphatic rings. The molecule has 0 spiro atoms. The first-order chi connectivity index (χ1) is 8.74. The van der Waals surface area contributed by atoms with Crippen LogP contribution in [0.2, 0.25) is 4.34 Å². The van der Waals surface area contributed by atoms with Crippen LogP contribution in [0, 0.1) is 5.92 Å². The minimum atomic E-state index is 0.503. The van der Waals surface area contributed by atoms with Crippen LogP contribution in [0.4, 0.5) is 0 Å². The van der Waals surface area contributed by atoms with E-state index in [-0.39, 0.29) is 0 Å². The topological polar surface area (TPSA) is 15.3 Å². The van der Waals surface area contributed by atoms with E-state index >= 15 is 0 Å². The monoisotopic (exact) mass is 284 g/mol. The maximum absolute atomic E-state index is 6.05. The summed E-state index contributed by atoms with van der Waals surface area (Å²) < 4.78 is 0.906. The number of nitrogens with zero attached hydrogens (tertiary/aromatic N) is 1. The zero-order valence-electron chi connectivity index (χ0n) is 10.9. The van der Waals surface area contributed by atoms with Crippen molar-refractivity contribution in [3.8, 4) is 0 Å². The third kappa shape index (κ3) is 2.90. The summed E-state index contributed by atoms with van der Waals surface area (Å²) in [5.74, 6) is 0.935. The molecule has 2 nitrogen and oxygen atoms in total. The molecule has 0 bridgehead atoms. The quantitative estimate of drug-likeness (QED) is 0.913. The lowest BCUT2D eigenvalue weighted by Crippen LogP contribution is -2.40. The van der Waals surface area contributed by atoms with E-state index in [1.807, 2.05) is 6.07 Å². The molecule has 2 heterocycles. The number of nitrogens with one attached hydrogen (secondary N) is 1. The van der Waals surface area contributed by atoms with E-state index in [1.165, 1.54) is 43.8 Å². The predicted molar refractivity (Wildman–Crippen MR) is 78.4 cm³/mol. The van der Waals surface area contributed by atoms with Crippen LogP contribution in [0.15, 0.2) is 12.1 Å². The first-order valence-corrected chi connectivity index (χ1v) is 8.16. The van der Waals surface area contributed by atoms with E-state index in [1.54, 1.807) is 11.3 Å². The highest BCUT2D eigenvalue weighted by Crippen LogP contribution is 2.36. The average Bonchev–Trinajstić information content (AvgIpc) is 3.14. The van der Waals surface area contributed by atoms with Gasteiger partial charge in [-0.05, 0) is 50.8 Å². The molecule has 2 fully saturated rings. The van der Waals surface area contributed by atoms with Gasteiger partial charge in [-0.1, -0.05) is 11.6 Å². The average molecular weight is 285 g/mol. The fourth-order valence-electron chi connectivity index (χ4n) is 2.88. The fourth-order valence-corrected chi connectivity index (χ4v) is 4.02. The van der Waals surface area contributed by atoms with Gasteiger partial charge in [0.25, 0.3) is 0 Å². The van der Waals surface area contributed by atoms with Gasteiger partial charge in [0.05, 0.1) is 4.34 Å². The predicted octanol–water partition coefficient (Wildman–Crippen LogP) is 3.54. The molecule has 1 aliphatic heterocycles. The van der Waals surface area contributed by atoms with Crippen LogP contribution in [-0.2, 0) is 0 Å². The van der Waals surface area contributed by atoms with Crippen LogP contribution >= 0.6 is 22.9 Å². The van der Waals surface area contributed by atoms with E-state index in [9.17, 15) is 0 Å². The van der Waals surface area contributed by atoms with Crippen LogP contribution in [0.5, 0.6) is 0 Å². The summed E-state index contributed by atoms with van der Waals surface area (Å²) >= 11 is 7.78. The number of thiophene rings is 1. The van der Waals surface area contributed by atoms with E-state index in [0.29, 0.717) is 12.1 Å². The van der Waals surface area contributed by atoms with Crippen molar-refractivity contribution in [2.45, 2.75) is 38.3 Å². The molecule has 0 radical (unpaired) electrons. The lowest BCUT2D eigenvalue weighted by atomic mass is 10.1. The first kappa shape index (κ1) is 12.9. The van der Waals surface area contributed by atoms with Gasteiger partial charge < -0.3 is 5.32 Å². The zero-order valence-corrected chi connectivity index (χ0v) is 12.4. The van der Waals surface area contributed by atoms with Gasteiger partial charge in [-0.15, -0.1) is 11.3 Å². The highest BCUT2D eigenvalue weighted by molar-refractivity contribution is 7.16. The van der Waals surface area contributed by atoms with E-state index in [0.717, 1.165) is 10.3 Å². The maximum atomic E-state index is 6.05. The van der Waals surface area contributed by atoms with Crippen LogP contribution in [0.25, 0.3) is 0 Å². The van der Waals surface area contributed by atoms with Crippen molar-refractivity contribution in [3.63, 3.8) is 0 Å². The summed E-state index contributed by atoms with van der Waals surface area (Å²) in [5, 5.41) is 3.72. The summed E-state index contributed by atoms with van der Waals surface area (Å²) in [6.07, 6.45) is 4.10. The second-order valence-electron chi connectivity index (χ2n) is 5.56. The van der Waals surface area contributed by atoms with Crippen molar-refractivity contribution in [1.29, 1.82) is 0 Å². The maximum Gasteiger partial charge on any atom is 0.0931 e. The van der Waals surface area contributed by atoms with Crippen molar-refractivity contribution in [3.05, 3.63) is 21.3 Å². The SMILES string of the molecule is CC(c1ccc(Cl)s1)N1CCCNC(C2CC2)C1. The molecule has 1 aromatic rings. The van der Waals surface area contributed by atoms with Crippen LogP contribution in [-0.4, -0.2) is 30.6 Å². The Balaban J connectivity index is 1.69. The molecule has 0 amide bonds. The van der Waals surface area contributed by atoms with E-state index in [4.69, 9.17) is 11.6 Å². The van der Waals surface area contributed by atoms with Gasteiger partial charge in [0.2, 0.25) is 0 Å². The van der Waals surface area contributed by atoms with Crippen molar-refractivity contribution in [2.75, 3.05) is 19.6 Å². The van der Waals surface area contributed by atoms with Gasteiger partial charge >= 0.3 is 0 Å². The molecule has 3 rings (SSSR count). The molecule has 18 heavy (non-hydrogen) atoms. The van der Waals surface area contributed by atoms with Crippen LogP contribution < -0.4 is 5.32 Å². The van der Waals surface area contributed by atoms with Gasteiger partial charge in [-0.3, -0.25) is 4.90 Å². The molecule has 1 saturated heterocycles. The molecule has 100 valence electrons. The zero-order chi connectivity index (χ0) is 12.5. The van der Waals surface area contributed by atoms with Crippen LogP contribution in [0.3, 0.4) is 0 Å². The number of hydrogen-bond acceptors (Lipinski definition) is 3. The minimum absolute atomic E-state index is 0.503. The Bertz CT molecular complexity index is 402. The Labute approximate surface area is 118 Å². The molecule has 1 saturated carbocycles. The highest BCUT2D eigenvalue weighted by Gasteiger charge is 2.34. The molecule has 1 aromatic heterocycles. The number of rotatable bonds is 3. The lowest BCUT2D eigenvalue weighted by molar-refractivity contribution is 0.203. The van der Waals surface area contributed by atoms with Gasteiger partial charge in [0.1, 0.15) is 0 Å². The van der Waals surface area contributed by atoms with Crippen LogP contribution in [0.1, 0.15) is 37.1 Å². The van der Waals surface area contributed by atoms with Gasteiger partial charge in [0, 0.05) is 30.1 Å². The third-order valence-corrected chi connectivity index (χ3v) is 5.61. The number of hydrogen-bond donors (Lipinski definition) is 1. The molecule has 1 aliphatic carbocycles. The van der Waals surface area contributed by atoms with Crippen molar-refractivity contribution >= 4 is 22.9 Å². The second-order valence-corrected chi connectivity index (χ2v) is 7.31. The van der Waals surface area contributed by atoms with E-state index < -0.39 is 0 Å². The first-order valence-electron chi connectivity index (χ1n) is 6.96. The molecule has 2 atom stereocenters. The molecular formula is C14H21ClN2S. The highest BCUT2D eigenvalue weighted by atomic mass is 35.5. The van der Waals surface area contributed by atoms with Crippen molar-refractivity contribution in [1.82, 2.24) is 10.2 Å². The lowest BCUT2D eigenvalue weighted by Gasteiger charge is -2.29. The van der Waals surface area contributed by atoms with Crippen molar-refractivity contribution < 1.29 is 0 Å². The largest absolute Gasteiger partial charge is 0.312 e. The Morgan fingerprint density at radius 2 is 2.28 bits per heavy atom. The third-order valence-electron chi connectivity index (χ3n) is 4.20. The second kappa shape index (κ2) is 5.49. The standard InChI is InChI=1S/C14H21ClN2S/c1-10(13-5-6-14(15)18-13)17-8-2-7-16-12(9-17)11-3-4-11/h5-6,10-12,16H,2-4,7-9H2,1H3. The Kier molecular flexibility index (Phi) is 3.94. The Hall–Kier alpha value is -0.0900. The van der Waals surface area contributed by atoms with E-state index in [2.05, 4.69) is 23.2 Å². The van der Waals surface area contributed by atoms with Crippen molar-refractivity contribution in [2.24, 2.45) is 5.92 Å². The minimum Gasteiger partial charge on any atom is -0.312 e. The summed E-state index contributed by atoms with van der Waals surface area (Å²) in [4.78, 5) is 4.03. The molecule has 4 heteroatoms. The molecular weight excluding hydrogens is 264 g/mol. The molecule has 2 unspecified atom stereocenters. The molecule has 0 aromatic carbocycles. The Morgan fingerprint density at radius 1 is 1.44 bits per heavy atom. The normalized spacial score (nSPS) is 28.0. The number of halogens is 1.